The molecule has 0 spiro atoms. The van der Waals surface area contributed by atoms with Crippen molar-refractivity contribution in [3.05, 3.63) is 78.4 Å². The second-order valence-corrected chi connectivity index (χ2v) is 7.52. The maximum atomic E-state index is 5.78. The molecule has 3 heterocycles. The number of aromatic nitrogens is 2. The Bertz CT molecular complexity index is 969. The molecule has 1 aromatic carbocycles. The molecule has 2 aromatic heterocycles. The molecule has 2 atom stereocenters. The summed E-state index contributed by atoms with van der Waals surface area (Å²) >= 11 is 5.78. The number of pyridine rings is 1. The van der Waals surface area contributed by atoms with E-state index in [2.05, 4.69) is 58.0 Å². The van der Waals surface area contributed by atoms with E-state index in [0.717, 1.165) is 17.1 Å². The largest absolute Gasteiger partial charge is 0.497 e. The number of thiocarbonyl (C=S) groups is 1. The number of ether oxygens (including phenoxy) is 1. The summed E-state index contributed by atoms with van der Waals surface area (Å²) in [4.78, 5) is 6.78. The quantitative estimate of drug-likeness (QED) is 0.640. The van der Waals surface area contributed by atoms with Gasteiger partial charge in [-0.05, 0) is 62.5 Å². The predicted octanol–water partition coefficient (Wildman–Crippen LogP) is 4.65. The van der Waals surface area contributed by atoms with Gasteiger partial charge >= 0.3 is 0 Å². The summed E-state index contributed by atoms with van der Waals surface area (Å²) in [5.74, 6) is 0.805. The molecule has 0 amide bonds. The van der Waals surface area contributed by atoms with E-state index in [0.29, 0.717) is 11.2 Å². The van der Waals surface area contributed by atoms with Gasteiger partial charge in [0.15, 0.2) is 5.11 Å². The van der Waals surface area contributed by atoms with Crippen LogP contribution in [0.4, 0.5) is 5.69 Å². The molecule has 2 unspecified atom stereocenters. The lowest BCUT2D eigenvalue weighted by atomic mass is 10.0. The number of rotatable bonds is 5. The summed E-state index contributed by atoms with van der Waals surface area (Å²) in [5.41, 5.74) is 3.16. The van der Waals surface area contributed by atoms with Crippen molar-refractivity contribution in [2.75, 3.05) is 12.0 Å². The van der Waals surface area contributed by atoms with Crippen molar-refractivity contribution >= 4 is 23.0 Å². The van der Waals surface area contributed by atoms with Crippen LogP contribution in [0.2, 0.25) is 0 Å². The van der Waals surface area contributed by atoms with E-state index in [-0.39, 0.29) is 12.1 Å². The lowest BCUT2D eigenvalue weighted by Gasteiger charge is -2.30. The highest BCUT2D eigenvalue weighted by Gasteiger charge is 2.42. The van der Waals surface area contributed by atoms with Crippen molar-refractivity contribution in [1.82, 2.24) is 14.9 Å². The lowest BCUT2D eigenvalue weighted by molar-refractivity contribution is 0.414. The third-order valence-electron chi connectivity index (χ3n) is 5.10. The van der Waals surface area contributed by atoms with Gasteiger partial charge in [-0.2, -0.15) is 0 Å². The van der Waals surface area contributed by atoms with Crippen molar-refractivity contribution in [3.8, 4) is 5.75 Å². The Labute approximate surface area is 171 Å². The predicted molar refractivity (Wildman–Crippen MR) is 116 cm³/mol. The molecule has 1 aliphatic rings. The van der Waals surface area contributed by atoms with Gasteiger partial charge in [0.1, 0.15) is 11.8 Å². The molecular weight excluding hydrogens is 368 g/mol. The summed E-state index contributed by atoms with van der Waals surface area (Å²) in [6, 6.07) is 18.5. The van der Waals surface area contributed by atoms with Gasteiger partial charge in [0.2, 0.25) is 0 Å². The van der Waals surface area contributed by atoms with Gasteiger partial charge in [0.25, 0.3) is 0 Å². The standard InChI is InChI=1S/C22H24N4OS/c1-15(2)25-13-7-11-19(25)21-20(18-10-4-5-12-23-18)24-22(28)26(21)16-8-6-9-17(14-16)27-3/h4-15,20-21H,1-3H3,(H,24,28). The Morgan fingerprint density at radius 1 is 1.11 bits per heavy atom. The highest BCUT2D eigenvalue weighted by molar-refractivity contribution is 7.80. The highest BCUT2D eigenvalue weighted by Crippen LogP contribution is 2.42. The Morgan fingerprint density at radius 2 is 1.96 bits per heavy atom. The number of hydrogen-bond donors (Lipinski definition) is 1. The fourth-order valence-electron chi connectivity index (χ4n) is 3.82. The first kappa shape index (κ1) is 18.5. The Balaban J connectivity index is 1.86. The summed E-state index contributed by atoms with van der Waals surface area (Å²) in [6.07, 6.45) is 3.95. The number of anilines is 1. The first-order chi connectivity index (χ1) is 13.6. The average Bonchev–Trinajstić information content (AvgIpc) is 3.33. The van der Waals surface area contributed by atoms with Gasteiger partial charge in [-0.3, -0.25) is 4.98 Å². The number of hydrogen-bond acceptors (Lipinski definition) is 3. The van der Waals surface area contributed by atoms with E-state index in [1.54, 1.807) is 7.11 Å². The maximum absolute atomic E-state index is 5.78. The monoisotopic (exact) mass is 392 g/mol. The zero-order valence-electron chi connectivity index (χ0n) is 16.2. The van der Waals surface area contributed by atoms with Gasteiger partial charge < -0.3 is 19.5 Å². The molecule has 144 valence electrons. The van der Waals surface area contributed by atoms with E-state index in [9.17, 15) is 0 Å². The smallest absolute Gasteiger partial charge is 0.174 e. The van der Waals surface area contributed by atoms with Gasteiger partial charge in [-0.25, -0.2) is 0 Å². The normalized spacial score (nSPS) is 19.1. The molecule has 4 rings (SSSR count). The van der Waals surface area contributed by atoms with Crippen LogP contribution in [-0.2, 0) is 0 Å². The van der Waals surface area contributed by atoms with Crippen LogP contribution in [-0.4, -0.2) is 21.8 Å². The van der Waals surface area contributed by atoms with Crippen molar-refractivity contribution in [1.29, 1.82) is 0 Å². The number of nitrogens with zero attached hydrogens (tertiary/aromatic N) is 3. The molecule has 3 aromatic rings. The molecule has 5 nitrogen and oxygen atoms in total. The van der Waals surface area contributed by atoms with E-state index in [1.165, 1.54) is 5.69 Å². The van der Waals surface area contributed by atoms with Crippen LogP contribution in [0.3, 0.4) is 0 Å². The summed E-state index contributed by atoms with van der Waals surface area (Å²) < 4.78 is 7.74. The van der Waals surface area contributed by atoms with Crippen molar-refractivity contribution in [2.45, 2.75) is 32.0 Å². The zero-order chi connectivity index (χ0) is 19.7. The number of nitrogens with one attached hydrogen (secondary N) is 1. The van der Waals surface area contributed by atoms with E-state index >= 15 is 0 Å². The second-order valence-electron chi connectivity index (χ2n) is 7.13. The minimum Gasteiger partial charge on any atom is -0.497 e. The van der Waals surface area contributed by atoms with Gasteiger partial charge in [0, 0.05) is 35.9 Å². The summed E-state index contributed by atoms with van der Waals surface area (Å²) in [6.45, 7) is 4.38. The van der Waals surface area contributed by atoms with Gasteiger partial charge in [-0.15, -0.1) is 0 Å². The summed E-state index contributed by atoms with van der Waals surface area (Å²) in [7, 11) is 1.68. The van der Waals surface area contributed by atoms with E-state index in [4.69, 9.17) is 17.0 Å². The van der Waals surface area contributed by atoms with Gasteiger partial charge in [0.05, 0.1) is 18.8 Å². The summed E-state index contributed by atoms with van der Waals surface area (Å²) in [5, 5.41) is 4.19. The Hall–Kier alpha value is -2.86. The molecule has 0 aliphatic carbocycles. The second kappa shape index (κ2) is 7.64. The zero-order valence-corrected chi connectivity index (χ0v) is 17.1. The Morgan fingerprint density at radius 3 is 2.68 bits per heavy atom. The molecule has 1 saturated heterocycles. The van der Waals surface area contributed by atoms with Crippen LogP contribution in [0.5, 0.6) is 5.75 Å². The van der Waals surface area contributed by atoms with Crippen LogP contribution in [0.15, 0.2) is 67.0 Å². The number of benzene rings is 1. The van der Waals surface area contributed by atoms with Crippen LogP contribution in [0, 0.1) is 0 Å². The molecule has 0 radical (unpaired) electrons. The van der Waals surface area contributed by atoms with Crippen LogP contribution < -0.4 is 15.0 Å². The van der Waals surface area contributed by atoms with E-state index in [1.807, 2.05) is 42.6 Å². The molecular formula is C22H24N4OS. The average molecular weight is 393 g/mol. The van der Waals surface area contributed by atoms with Crippen LogP contribution in [0.25, 0.3) is 0 Å². The third-order valence-corrected chi connectivity index (χ3v) is 5.42. The van der Waals surface area contributed by atoms with Crippen molar-refractivity contribution < 1.29 is 4.74 Å². The lowest BCUT2D eigenvalue weighted by Crippen LogP contribution is -2.30. The molecule has 6 heteroatoms. The van der Waals surface area contributed by atoms with Crippen molar-refractivity contribution in [2.24, 2.45) is 0 Å². The molecule has 28 heavy (non-hydrogen) atoms. The topological polar surface area (TPSA) is 42.3 Å². The van der Waals surface area contributed by atoms with Crippen LogP contribution in [0.1, 0.15) is 43.4 Å². The molecule has 0 saturated carbocycles. The Kier molecular flexibility index (Phi) is 5.05. The maximum Gasteiger partial charge on any atom is 0.174 e. The van der Waals surface area contributed by atoms with Crippen molar-refractivity contribution in [3.63, 3.8) is 0 Å². The molecule has 1 aliphatic heterocycles. The minimum atomic E-state index is -0.0488. The fraction of sp³-hybridized carbons (Fsp3) is 0.273. The SMILES string of the molecule is COc1cccc(N2C(=S)NC(c3ccccn3)C2c2cccn2C(C)C)c1. The van der Waals surface area contributed by atoms with Gasteiger partial charge in [-0.1, -0.05) is 12.1 Å². The molecule has 0 bridgehead atoms. The van der Waals surface area contributed by atoms with Crippen LogP contribution >= 0.6 is 12.2 Å². The minimum absolute atomic E-state index is 0.0214. The third kappa shape index (κ3) is 3.24. The molecule has 1 N–H and O–H groups in total. The fourth-order valence-corrected chi connectivity index (χ4v) is 4.17. The first-order valence-electron chi connectivity index (χ1n) is 9.41. The first-order valence-corrected chi connectivity index (χ1v) is 9.82. The van der Waals surface area contributed by atoms with E-state index < -0.39 is 0 Å². The highest BCUT2D eigenvalue weighted by atomic mass is 32.1. The number of methoxy groups -OCH3 is 1. The molecule has 1 fully saturated rings.